The molecule has 1 aliphatic rings. The zero-order valence-electron chi connectivity index (χ0n) is 13.6. The number of carboxylic acid groups (broad SMARTS) is 1. The highest BCUT2D eigenvalue weighted by molar-refractivity contribution is 7.98. The van der Waals surface area contributed by atoms with Crippen molar-refractivity contribution in [3.8, 4) is 6.07 Å². The summed E-state index contributed by atoms with van der Waals surface area (Å²) in [5.41, 5.74) is 0.833. The van der Waals surface area contributed by atoms with E-state index in [2.05, 4.69) is 11.4 Å². The van der Waals surface area contributed by atoms with E-state index in [1.165, 1.54) is 0 Å². The van der Waals surface area contributed by atoms with Crippen molar-refractivity contribution in [2.45, 2.75) is 19.1 Å². The van der Waals surface area contributed by atoms with Gasteiger partial charge in [0.1, 0.15) is 0 Å². The number of nitrogens with one attached hydrogen (secondary N) is 1. The van der Waals surface area contributed by atoms with Crippen LogP contribution in [0.15, 0.2) is 24.3 Å². The predicted molar refractivity (Wildman–Crippen MR) is 92.7 cm³/mol. The zero-order chi connectivity index (χ0) is 17.6. The van der Waals surface area contributed by atoms with Gasteiger partial charge in [-0.3, -0.25) is 4.79 Å². The van der Waals surface area contributed by atoms with Crippen LogP contribution in [0.25, 0.3) is 0 Å². The van der Waals surface area contributed by atoms with Crippen molar-refractivity contribution in [3.63, 3.8) is 0 Å². The minimum absolute atomic E-state index is 0.210. The largest absolute Gasteiger partial charge is 0.481 e. The van der Waals surface area contributed by atoms with E-state index in [1.807, 2.05) is 18.2 Å². The van der Waals surface area contributed by atoms with Crippen LogP contribution in [0.2, 0.25) is 0 Å². The molecular weight excluding hydrogens is 326 g/mol. The number of amides is 2. The fourth-order valence-corrected chi connectivity index (χ4v) is 3.45. The number of benzene rings is 1. The molecule has 2 rings (SSSR count). The maximum absolute atomic E-state index is 12.1. The summed E-state index contributed by atoms with van der Waals surface area (Å²) >= 11 is 1.65. The molecule has 0 bridgehead atoms. The number of nitrogens with zero attached hydrogens (tertiary/aromatic N) is 2. The number of thioether (sulfide) groups is 1. The molecule has 0 aromatic heterocycles. The van der Waals surface area contributed by atoms with Crippen LogP contribution in [0.1, 0.15) is 24.5 Å². The van der Waals surface area contributed by atoms with Crippen LogP contribution in [-0.4, -0.2) is 47.4 Å². The number of carboxylic acids is 1. The zero-order valence-corrected chi connectivity index (χ0v) is 14.4. The van der Waals surface area contributed by atoms with Crippen molar-refractivity contribution in [2.24, 2.45) is 5.41 Å². The summed E-state index contributed by atoms with van der Waals surface area (Å²) in [7, 11) is 0. The number of nitriles is 1. The van der Waals surface area contributed by atoms with Gasteiger partial charge in [-0.1, -0.05) is 18.2 Å². The van der Waals surface area contributed by atoms with Gasteiger partial charge >= 0.3 is 12.0 Å². The number of likely N-dealkylation sites (tertiary alicyclic amines) is 1. The van der Waals surface area contributed by atoms with Gasteiger partial charge in [-0.25, -0.2) is 4.79 Å². The molecule has 1 aromatic carbocycles. The molecule has 128 valence electrons. The van der Waals surface area contributed by atoms with Gasteiger partial charge in [-0.2, -0.15) is 17.0 Å². The van der Waals surface area contributed by atoms with E-state index in [4.69, 9.17) is 5.26 Å². The molecule has 7 heteroatoms. The monoisotopic (exact) mass is 347 g/mol. The minimum atomic E-state index is -0.857. The molecule has 2 N–H and O–H groups in total. The fraction of sp³-hybridized carbons (Fsp3) is 0.471. The molecule has 1 fully saturated rings. The standard InChI is InChI=1S/C17H21N3O3S/c1-17(15(21)22)6-8-20(12-17)16(23)19-7-9-24-11-14-5-3-2-4-13(14)10-18/h2-5H,6-9,11-12H2,1H3,(H,19,23)(H,21,22). The Balaban J connectivity index is 1.69. The molecule has 1 aliphatic heterocycles. The van der Waals surface area contributed by atoms with Crippen LogP contribution in [0.5, 0.6) is 0 Å². The highest BCUT2D eigenvalue weighted by Crippen LogP contribution is 2.29. The third-order valence-corrected chi connectivity index (χ3v) is 5.20. The van der Waals surface area contributed by atoms with E-state index < -0.39 is 11.4 Å². The van der Waals surface area contributed by atoms with Gasteiger partial charge in [0, 0.05) is 31.1 Å². The highest BCUT2D eigenvalue weighted by Gasteiger charge is 2.42. The summed E-state index contributed by atoms with van der Waals surface area (Å²) < 4.78 is 0. The Morgan fingerprint density at radius 1 is 1.46 bits per heavy atom. The number of urea groups is 1. The van der Waals surface area contributed by atoms with Crippen LogP contribution in [0, 0.1) is 16.7 Å². The van der Waals surface area contributed by atoms with Crippen molar-refractivity contribution in [3.05, 3.63) is 35.4 Å². The fourth-order valence-electron chi connectivity index (χ4n) is 2.59. The molecule has 1 unspecified atom stereocenters. The van der Waals surface area contributed by atoms with E-state index in [0.717, 1.165) is 17.1 Å². The van der Waals surface area contributed by atoms with Crippen molar-refractivity contribution >= 4 is 23.8 Å². The smallest absolute Gasteiger partial charge is 0.317 e. The van der Waals surface area contributed by atoms with E-state index in [0.29, 0.717) is 25.1 Å². The molecule has 0 aliphatic carbocycles. The molecule has 1 atom stereocenters. The topological polar surface area (TPSA) is 93.4 Å². The average molecular weight is 347 g/mol. The van der Waals surface area contributed by atoms with Gasteiger partial charge in [-0.15, -0.1) is 0 Å². The lowest BCUT2D eigenvalue weighted by Gasteiger charge is -2.20. The molecule has 24 heavy (non-hydrogen) atoms. The van der Waals surface area contributed by atoms with Crippen LogP contribution in [-0.2, 0) is 10.5 Å². The molecular formula is C17H21N3O3S. The number of carbonyl (C=O) groups is 2. The first kappa shape index (κ1) is 18.1. The maximum Gasteiger partial charge on any atom is 0.317 e. The Morgan fingerprint density at radius 3 is 2.88 bits per heavy atom. The van der Waals surface area contributed by atoms with Gasteiger partial charge in [0.25, 0.3) is 0 Å². The summed E-state index contributed by atoms with van der Waals surface area (Å²) in [6, 6.07) is 9.44. The first-order valence-electron chi connectivity index (χ1n) is 7.78. The third-order valence-electron chi connectivity index (χ3n) is 4.19. The Labute approximate surface area is 145 Å². The maximum atomic E-state index is 12.1. The Morgan fingerprint density at radius 2 is 2.21 bits per heavy atom. The number of carbonyl (C=O) groups excluding carboxylic acids is 1. The molecule has 1 heterocycles. The molecule has 2 amide bonds. The van der Waals surface area contributed by atoms with Crippen molar-refractivity contribution < 1.29 is 14.7 Å². The van der Waals surface area contributed by atoms with E-state index >= 15 is 0 Å². The first-order valence-corrected chi connectivity index (χ1v) is 8.94. The SMILES string of the molecule is CC1(C(=O)O)CCN(C(=O)NCCSCc2ccccc2C#N)C1. The summed E-state index contributed by atoms with van der Waals surface area (Å²) in [5, 5.41) is 21.0. The number of rotatable bonds is 6. The quantitative estimate of drug-likeness (QED) is 0.770. The Hall–Kier alpha value is -2.20. The summed E-state index contributed by atoms with van der Waals surface area (Å²) in [4.78, 5) is 24.8. The highest BCUT2D eigenvalue weighted by atomic mass is 32.2. The van der Waals surface area contributed by atoms with Gasteiger partial charge < -0.3 is 15.3 Å². The normalized spacial score (nSPS) is 19.8. The van der Waals surface area contributed by atoms with Crippen molar-refractivity contribution in [1.82, 2.24) is 10.2 Å². The Bertz CT molecular complexity index is 659. The lowest BCUT2D eigenvalue weighted by atomic mass is 9.90. The van der Waals surface area contributed by atoms with Crippen LogP contribution in [0.3, 0.4) is 0 Å². The lowest BCUT2D eigenvalue weighted by Crippen LogP contribution is -2.41. The summed E-state index contributed by atoms with van der Waals surface area (Å²) in [6.45, 7) is 2.90. The second kappa shape index (κ2) is 8.06. The molecule has 0 radical (unpaired) electrons. The summed E-state index contributed by atoms with van der Waals surface area (Å²) in [5.74, 6) is 0.597. The molecule has 0 saturated carbocycles. The van der Waals surface area contributed by atoms with E-state index in [9.17, 15) is 14.7 Å². The number of hydrogen-bond acceptors (Lipinski definition) is 4. The second-order valence-electron chi connectivity index (χ2n) is 6.09. The van der Waals surface area contributed by atoms with Gasteiger partial charge in [-0.05, 0) is 25.0 Å². The molecule has 0 spiro atoms. The Kier molecular flexibility index (Phi) is 6.10. The van der Waals surface area contributed by atoms with Crippen LogP contribution >= 0.6 is 11.8 Å². The predicted octanol–water partition coefficient (Wildman–Crippen LogP) is 2.30. The third kappa shape index (κ3) is 4.42. The minimum Gasteiger partial charge on any atom is -0.481 e. The van der Waals surface area contributed by atoms with Crippen LogP contribution in [0.4, 0.5) is 4.79 Å². The van der Waals surface area contributed by atoms with Gasteiger partial charge in [0.2, 0.25) is 0 Å². The second-order valence-corrected chi connectivity index (χ2v) is 7.20. The average Bonchev–Trinajstić information content (AvgIpc) is 2.99. The molecule has 1 aromatic rings. The van der Waals surface area contributed by atoms with Crippen LogP contribution < -0.4 is 5.32 Å². The van der Waals surface area contributed by atoms with E-state index in [-0.39, 0.29) is 12.6 Å². The van der Waals surface area contributed by atoms with E-state index in [1.54, 1.807) is 29.7 Å². The summed E-state index contributed by atoms with van der Waals surface area (Å²) in [6.07, 6.45) is 0.482. The van der Waals surface area contributed by atoms with Crippen molar-refractivity contribution in [1.29, 1.82) is 5.26 Å². The molecule has 1 saturated heterocycles. The first-order chi connectivity index (χ1) is 11.5. The van der Waals surface area contributed by atoms with Gasteiger partial charge in [0.15, 0.2) is 0 Å². The lowest BCUT2D eigenvalue weighted by molar-refractivity contribution is -0.146. The molecule has 6 nitrogen and oxygen atoms in total. The van der Waals surface area contributed by atoms with Crippen molar-refractivity contribution in [2.75, 3.05) is 25.4 Å². The van der Waals surface area contributed by atoms with Gasteiger partial charge in [0.05, 0.1) is 17.0 Å². The number of aliphatic carboxylic acids is 1. The number of hydrogen-bond donors (Lipinski definition) is 2.